The van der Waals surface area contributed by atoms with Crippen molar-refractivity contribution in [3.8, 4) is 28.5 Å². The van der Waals surface area contributed by atoms with Crippen LogP contribution in [-0.4, -0.2) is 37.3 Å². The zero-order chi connectivity index (χ0) is 19.9. The van der Waals surface area contributed by atoms with E-state index in [9.17, 15) is 4.79 Å². The molecule has 0 aliphatic heterocycles. The van der Waals surface area contributed by atoms with Crippen molar-refractivity contribution in [3.63, 3.8) is 0 Å². The average Bonchev–Trinajstić information content (AvgIpc) is 3.19. The molecule has 1 amide bonds. The molecule has 0 bridgehead atoms. The Morgan fingerprint density at radius 3 is 2.64 bits per heavy atom. The van der Waals surface area contributed by atoms with Gasteiger partial charge in [-0.3, -0.25) is 4.79 Å². The van der Waals surface area contributed by atoms with Gasteiger partial charge in [-0.2, -0.15) is 0 Å². The molecule has 1 heterocycles. The molecule has 0 fully saturated rings. The summed E-state index contributed by atoms with van der Waals surface area (Å²) >= 11 is 0. The molecule has 3 aromatic rings. The number of nitrogens with one attached hydrogen (secondary N) is 1. The minimum absolute atomic E-state index is 0.102. The number of aromatic nitrogens is 1. The van der Waals surface area contributed by atoms with Gasteiger partial charge in [0.15, 0.2) is 5.76 Å². The highest BCUT2D eigenvalue weighted by molar-refractivity contribution is 6.00. The first-order valence-corrected chi connectivity index (χ1v) is 9.20. The fraction of sp³-hybridized carbons (Fsp3) is 0.273. The normalized spacial score (nSPS) is 11.8. The third-order valence-corrected chi connectivity index (χ3v) is 4.15. The molecule has 0 aliphatic rings. The molecule has 0 spiro atoms. The molecule has 6 nitrogen and oxygen atoms in total. The summed E-state index contributed by atoms with van der Waals surface area (Å²) < 4.78 is 16.5. The van der Waals surface area contributed by atoms with E-state index in [0.29, 0.717) is 36.0 Å². The third-order valence-electron chi connectivity index (χ3n) is 4.15. The molecular weight excluding hydrogens is 356 g/mol. The Bertz CT molecular complexity index is 918. The maximum absolute atomic E-state index is 12.6. The molecule has 3 rings (SSSR count). The highest BCUT2D eigenvalue weighted by atomic mass is 16.5. The molecule has 0 aliphatic carbocycles. The van der Waals surface area contributed by atoms with Crippen LogP contribution in [0.25, 0.3) is 22.8 Å². The first-order chi connectivity index (χ1) is 13.6. The van der Waals surface area contributed by atoms with E-state index in [-0.39, 0.29) is 11.9 Å². The van der Waals surface area contributed by atoms with Crippen LogP contribution >= 0.6 is 0 Å². The summed E-state index contributed by atoms with van der Waals surface area (Å²) in [6.07, 6.45) is 1.66. The van der Waals surface area contributed by atoms with Crippen LogP contribution in [0.3, 0.4) is 0 Å². The molecular formula is C22H24N2O4. The maximum atomic E-state index is 12.6. The predicted octanol–water partition coefficient (Wildman–Crippen LogP) is 4.17. The van der Waals surface area contributed by atoms with E-state index in [1.54, 1.807) is 19.4 Å². The number of carbonyl (C=O) groups is 1. The Morgan fingerprint density at radius 2 is 1.93 bits per heavy atom. The minimum Gasteiger partial charge on any atom is -0.494 e. The van der Waals surface area contributed by atoms with Crippen LogP contribution in [-0.2, 0) is 4.74 Å². The Kier molecular flexibility index (Phi) is 6.45. The van der Waals surface area contributed by atoms with Gasteiger partial charge in [-0.1, -0.05) is 12.1 Å². The molecule has 28 heavy (non-hydrogen) atoms. The molecule has 0 unspecified atom stereocenters. The lowest BCUT2D eigenvalue weighted by molar-refractivity contribution is 0.0906. The molecule has 0 radical (unpaired) electrons. The summed E-state index contributed by atoms with van der Waals surface area (Å²) in [5.74, 6) is 1.63. The van der Waals surface area contributed by atoms with Crippen molar-refractivity contribution in [2.75, 3.05) is 20.3 Å². The second-order valence-corrected chi connectivity index (χ2v) is 6.36. The number of amides is 1. The number of ether oxygens (including phenoxy) is 2. The summed E-state index contributed by atoms with van der Waals surface area (Å²) in [5.41, 5.74) is 2.03. The highest BCUT2D eigenvalue weighted by Crippen LogP contribution is 2.29. The Labute approximate surface area is 164 Å². The molecule has 0 saturated carbocycles. The lowest BCUT2D eigenvalue weighted by atomic mass is 10.1. The van der Waals surface area contributed by atoms with Gasteiger partial charge in [-0.25, -0.2) is 4.98 Å². The number of hydrogen-bond acceptors (Lipinski definition) is 5. The maximum Gasteiger partial charge on any atom is 0.252 e. The summed E-state index contributed by atoms with van der Waals surface area (Å²) in [5, 5.41) is 2.92. The van der Waals surface area contributed by atoms with E-state index in [1.165, 1.54) is 0 Å². The van der Waals surface area contributed by atoms with E-state index in [2.05, 4.69) is 10.3 Å². The number of oxazole rings is 1. The zero-order valence-electron chi connectivity index (χ0n) is 16.3. The van der Waals surface area contributed by atoms with E-state index in [4.69, 9.17) is 13.9 Å². The van der Waals surface area contributed by atoms with Gasteiger partial charge in [0.2, 0.25) is 5.89 Å². The Morgan fingerprint density at radius 1 is 1.18 bits per heavy atom. The average molecular weight is 380 g/mol. The van der Waals surface area contributed by atoms with Gasteiger partial charge in [0.05, 0.1) is 25.0 Å². The van der Waals surface area contributed by atoms with Gasteiger partial charge < -0.3 is 19.2 Å². The molecule has 1 N–H and O–H groups in total. The smallest absolute Gasteiger partial charge is 0.252 e. The molecule has 1 atom stereocenters. The largest absolute Gasteiger partial charge is 0.494 e. The van der Waals surface area contributed by atoms with Gasteiger partial charge in [0.1, 0.15) is 5.75 Å². The molecule has 146 valence electrons. The van der Waals surface area contributed by atoms with Crippen molar-refractivity contribution in [2.45, 2.75) is 19.9 Å². The predicted molar refractivity (Wildman–Crippen MR) is 107 cm³/mol. The molecule has 2 aromatic carbocycles. The number of hydrogen-bond donors (Lipinski definition) is 1. The SMILES string of the molecule is CCOc1ccc(-c2cnc(-c3ccccc3C(=O)N[C@@H](C)COC)o2)cc1. The van der Waals surface area contributed by atoms with Crippen molar-refractivity contribution >= 4 is 5.91 Å². The summed E-state index contributed by atoms with van der Waals surface area (Å²) in [7, 11) is 1.60. The number of nitrogens with zero attached hydrogens (tertiary/aromatic N) is 1. The van der Waals surface area contributed by atoms with Gasteiger partial charge in [0.25, 0.3) is 5.91 Å². The Hall–Kier alpha value is -3.12. The summed E-state index contributed by atoms with van der Waals surface area (Å²) in [6.45, 7) is 4.89. The van der Waals surface area contributed by atoms with Gasteiger partial charge >= 0.3 is 0 Å². The lowest BCUT2D eigenvalue weighted by Crippen LogP contribution is -2.35. The standard InChI is InChI=1S/C22H24N2O4/c1-4-27-17-11-9-16(10-12-17)20-13-23-22(28-20)19-8-6-5-7-18(19)21(25)24-15(2)14-26-3/h5-13,15H,4,14H2,1-3H3,(H,24,25)/t15-/m0/s1. The topological polar surface area (TPSA) is 73.6 Å². The van der Waals surface area contributed by atoms with Gasteiger partial charge in [0, 0.05) is 24.3 Å². The number of methoxy groups -OCH3 is 1. The van der Waals surface area contributed by atoms with Crippen molar-refractivity contribution < 1.29 is 18.7 Å². The van der Waals surface area contributed by atoms with E-state index in [1.807, 2.05) is 56.3 Å². The van der Waals surface area contributed by atoms with Crippen molar-refractivity contribution in [1.29, 1.82) is 0 Å². The van der Waals surface area contributed by atoms with E-state index in [0.717, 1.165) is 11.3 Å². The number of carbonyl (C=O) groups excluding carboxylic acids is 1. The summed E-state index contributed by atoms with van der Waals surface area (Å²) in [6, 6.07) is 14.8. The van der Waals surface area contributed by atoms with Crippen LogP contribution < -0.4 is 10.1 Å². The molecule has 1 aromatic heterocycles. The Balaban J connectivity index is 1.84. The van der Waals surface area contributed by atoms with Crippen LogP contribution in [0, 0.1) is 0 Å². The number of rotatable bonds is 8. The molecule has 6 heteroatoms. The van der Waals surface area contributed by atoms with Gasteiger partial charge in [-0.05, 0) is 50.2 Å². The molecule has 0 saturated heterocycles. The highest BCUT2D eigenvalue weighted by Gasteiger charge is 2.18. The van der Waals surface area contributed by atoms with Crippen molar-refractivity contribution in [3.05, 3.63) is 60.3 Å². The second kappa shape index (κ2) is 9.19. The number of benzene rings is 2. The zero-order valence-corrected chi connectivity index (χ0v) is 16.3. The lowest BCUT2D eigenvalue weighted by Gasteiger charge is -2.14. The van der Waals surface area contributed by atoms with Crippen molar-refractivity contribution in [1.82, 2.24) is 10.3 Å². The van der Waals surface area contributed by atoms with Crippen LogP contribution in [0.4, 0.5) is 0 Å². The van der Waals surface area contributed by atoms with Crippen LogP contribution in [0.2, 0.25) is 0 Å². The summed E-state index contributed by atoms with van der Waals surface area (Å²) in [4.78, 5) is 17.0. The van der Waals surface area contributed by atoms with E-state index >= 15 is 0 Å². The minimum atomic E-state index is -0.194. The first-order valence-electron chi connectivity index (χ1n) is 9.20. The monoisotopic (exact) mass is 380 g/mol. The van der Waals surface area contributed by atoms with Crippen molar-refractivity contribution in [2.24, 2.45) is 0 Å². The second-order valence-electron chi connectivity index (χ2n) is 6.36. The van der Waals surface area contributed by atoms with Gasteiger partial charge in [-0.15, -0.1) is 0 Å². The fourth-order valence-electron chi connectivity index (χ4n) is 2.88. The third kappa shape index (κ3) is 4.58. The van der Waals surface area contributed by atoms with E-state index < -0.39 is 0 Å². The first kappa shape index (κ1) is 19.6. The van der Waals surface area contributed by atoms with Crippen LogP contribution in [0.1, 0.15) is 24.2 Å². The fourth-order valence-corrected chi connectivity index (χ4v) is 2.88. The van der Waals surface area contributed by atoms with Crippen LogP contribution in [0.5, 0.6) is 5.75 Å². The quantitative estimate of drug-likeness (QED) is 0.635. The van der Waals surface area contributed by atoms with Crippen LogP contribution in [0.15, 0.2) is 59.1 Å².